The SMILES string of the molecule is O=CC1(C=O)CC1(F)F. The van der Waals surface area contributed by atoms with E-state index in [1.807, 2.05) is 0 Å². The van der Waals surface area contributed by atoms with Crippen LogP contribution in [0, 0.1) is 5.41 Å². The van der Waals surface area contributed by atoms with Crippen molar-refractivity contribution in [2.45, 2.75) is 12.3 Å². The number of hydrogen-bond donors (Lipinski definition) is 0. The smallest absolute Gasteiger partial charge is 0.268 e. The predicted molar refractivity (Wildman–Crippen MR) is 24.1 cm³/mol. The molecule has 0 aromatic heterocycles. The Balaban J connectivity index is 2.79. The van der Waals surface area contributed by atoms with Crippen LogP contribution in [0.15, 0.2) is 0 Å². The normalized spacial score (nSPS) is 26.9. The lowest BCUT2D eigenvalue weighted by molar-refractivity contribution is -0.125. The largest absolute Gasteiger partial charge is 0.302 e. The molecule has 1 rings (SSSR count). The summed E-state index contributed by atoms with van der Waals surface area (Å²) in [6, 6.07) is 0. The van der Waals surface area contributed by atoms with E-state index in [4.69, 9.17) is 0 Å². The van der Waals surface area contributed by atoms with Gasteiger partial charge < -0.3 is 9.59 Å². The molecule has 0 atom stereocenters. The van der Waals surface area contributed by atoms with Gasteiger partial charge >= 0.3 is 0 Å². The number of rotatable bonds is 2. The Hall–Kier alpha value is -0.800. The predicted octanol–water partition coefficient (Wildman–Crippen LogP) is 0.410. The molecule has 0 saturated heterocycles. The summed E-state index contributed by atoms with van der Waals surface area (Å²) in [6.07, 6.45) is -0.590. The standard InChI is InChI=1S/C5H4F2O2/c6-5(7)1-4(5,2-8)3-9/h2-3H,1H2. The summed E-state index contributed by atoms with van der Waals surface area (Å²) in [5.74, 6) is -3.07. The minimum Gasteiger partial charge on any atom is -0.302 e. The van der Waals surface area contributed by atoms with Crippen molar-refractivity contribution in [3.63, 3.8) is 0 Å². The van der Waals surface area contributed by atoms with Gasteiger partial charge in [0, 0.05) is 6.42 Å². The number of carbonyl (C=O) groups is 2. The lowest BCUT2D eigenvalue weighted by atomic mass is 10.2. The van der Waals surface area contributed by atoms with Crippen molar-refractivity contribution < 1.29 is 18.4 Å². The zero-order valence-electron chi connectivity index (χ0n) is 4.43. The fourth-order valence-electron chi connectivity index (χ4n) is 0.607. The highest BCUT2D eigenvalue weighted by atomic mass is 19.3. The monoisotopic (exact) mass is 134 g/mol. The molecule has 0 aliphatic heterocycles. The second-order valence-corrected chi connectivity index (χ2v) is 2.16. The molecule has 0 amide bonds. The molecular weight excluding hydrogens is 130 g/mol. The van der Waals surface area contributed by atoms with Gasteiger partial charge in [-0.2, -0.15) is 0 Å². The second kappa shape index (κ2) is 1.37. The van der Waals surface area contributed by atoms with Crippen molar-refractivity contribution in [1.82, 2.24) is 0 Å². The van der Waals surface area contributed by atoms with Crippen LogP contribution in [-0.4, -0.2) is 18.5 Å². The van der Waals surface area contributed by atoms with E-state index in [0.29, 0.717) is 0 Å². The van der Waals surface area contributed by atoms with Crippen molar-refractivity contribution in [1.29, 1.82) is 0 Å². The molecule has 1 aliphatic carbocycles. The van der Waals surface area contributed by atoms with Crippen molar-refractivity contribution in [2.24, 2.45) is 5.41 Å². The first-order chi connectivity index (χ1) is 4.08. The zero-order valence-corrected chi connectivity index (χ0v) is 4.43. The Morgan fingerprint density at radius 1 is 1.22 bits per heavy atom. The van der Waals surface area contributed by atoms with Crippen molar-refractivity contribution in [3.05, 3.63) is 0 Å². The van der Waals surface area contributed by atoms with Crippen LogP contribution in [0.1, 0.15) is 6.42 Å². The third-order valence-electron chi connectivity index (χ3n) is 1.49. The van der Waals surface area contributed by atoms with E-state index in [1.54, 1.807) is 0 Å². The Morgan fingerprint density at radius 3 is 1.56 bits per heavy atom. The molecule has 0 aromatic carbocycles. The van der Waals surface area contributed by atoms with Gasteiger partial charge in [-0.15, -0.1) is 0 Å². The van der Waals surface area contributed by atoms with Gasteiger partial charge in [0.25, 0.3) is 5.92 Å². The molecular formula is C5H4F2O2. The van der Waals surface area contributed by atoms with Crippen molar-refractivity contribution in [2.75, 3.05) is 0 Å². The Kier molecular flexibility index (Phi) is 0.964. The molecule has 2 nitrogen and oxygen atoms in total. The third-order valence-corrected chi connectivity index (χ3v) is 1.49. The van der Waals surface area contributed by atoms with Crippen LogP contribution in [0.4, 0.5) is 8.78 Å². The number of carbonyl (C=O) groups excluding carboxylic acids is 2. The number of hydrogen-bond acceptors (Lipinski definition) is 2. The molecule has 1 saturated carbocycles. The van der Waals surface area contributed by atoms with E-state index >= 15 is 0 Å². The highest BCUT2D eigenvalue weighted by Crippen LogP contribution is 2.57. The summed E-state index contributed by atoms with van der Waals surface area (Å²) >= 11 is 0. The van der Waals surface area contributed by atoms with Gasteiger partial charge in [0.1, 0.15) is 12.6 Å². The fraction of sp³-hybridized carbons (Fsp3) is 0.600. The van der Waals surface area contributed by atoms with Gasteiger partial charge in [-0.1, -0.05) is 0 Å². The average molecular weight is 134 g/mol. The molecule has 1 fully saturated rings. The highest BCUT2D eigenvalue weighted by Gasteiger charge is 2.72. The molecule has 0 radical (unpaired) electrons. The quantitative estimate of drug-likeness (QED) is 0.405. The third kappa shape index (κ3) is 0.588. The molecule has 1 aliphatic rings. The molecule has 4 heteroatoms. The lowest BCUT2D eigenvalue weighted by Crippen LogP contribution is -2.13. The maximum Gasteiger partial charge on any atom is 0.268 e. The molecule has 0 N–H and O–H groups in total. The van der Waals surface area contributed by atoms with E-state index < -0.39 is 17.8 Å². The van der Waals surface area contributed by atoms with Gasteiger partial charge in [0.2, 0.25) is 0 Å². The van der Waals surface area contributed by atoms with Crippen LogP contribution in [0.25, 0.3) is 0 Å². The van der Waals surface area contributed by atoms with Gasteiger partial charge in [-0.3, -0.25) is 0 Å². The molecule has 0 unspecified atom stereocenters. The number of aldehydes is 2. The van der Waals surface area contributed by atoms with E-state index in [1.165, 1.54) is 0 Å². The van der Waals surface area contributed by atoms with Gasteiger partial charge in [-0.05, 0) is 0 Å². The van der Waals surface area contributed by atoms with Gasteiger partial charge in [0.15, 0.2) is 5.41 Å². The highest BCUT2D eigenvalue weighted by molar-refractivity contribution is 5.90. The minimum absolute atomic E-state index is 0.0139. The molecule has 0 spiro atoms. The summed E-state index contributed by atoms with van der Waals surface area (Å²) in [5, 5.41) is 0. The maximum atomic E-state index is 12.0. The summed E-state index contributed by atoms with van der Waals surface area (Å²) in [7, 11) is 0. The first kappa shape index (κ1) is 6.32. The average Bonchev–Trinajstić information content (AvgIpc) is 2.35. The van der Waals surface area contributed by atoms with Crippen LogP contribution in [0.2, 0.25) is 0 Å². The molecule has 9 heavy (non-hydrogen) atoms. The van der Waals surface area contributed by atoms with Crippen LogP contribution in [0.3, 0.4) is 0 Å². The topological polar surface area (TPSA) is 34.1 Å². The first-order valence-corrected chi connectivity index (χ1v) is 2.38. The minimum atomic E-state index is -3.07. The molecule has 50 valence electrons. The number of halogens is 2. The Morgan fingerprint density at radius 2 is 1.56 bits per heavy atom. The van der Waals surface area contributed by atoms with Gasteiger partial charge in [0.05, 0.1) is 0 Å². The molecule has 0 bridgehead atoms. The summed E-state index contributed by atoms with van der Waals surface area (Å²) < 4.78 is 24.0. The second-order valence-electron chi connectivity index (χ2n) is 2.16. The summed E-state index contributed by atoms with van der Waals surface area (Å²) in [4.78, 5) is 19.6. The van der Waals surface area contributed by atoms with Crippen LogP contribution in [-0.2, 0) is 9.59 Å². The summed E-state index contributed by atoms with van der Waals surface area (Å²) in [6.45, 7) is 0. The maximum absolute atomic E-state index is 12.0. The van der Waals surface area contributed by atoms with Crippen LogP contribution in [0.5, 0.6) is 0 Å². The first-order valence-electron chi connectivity index (χ1n) is 2.38. The van der Waals surface area contributed by atoms with Crippen LogP contribution >= 0.6 is 0 Å². The Labute approximate surface area is 49.8 Å². The van der Waals surface area contributed by atoms with E-state index in [2.05, 4.69) is 0 Å². The lowest BCUT2D eigenvalue weighted by Gasteiger charge is -1.93. The zero-order chi connectivity index (χ0) is 7.12. The number of alkyl halides is 2. The fourth-order valence-corrected chi connectivity index (χ4v) is 0.607. The van der Waals surface area contributed by atoms with E-state index in [9.17, 15) is 18.4 Å². The molecule has 0 heterocycles. The van der Waals surface area contributed by atoms with Crippen molar-refractivity contribution >= 4 is 12.6 Å². The molecule has 0 aromatic rings. The summed E-state index contributed by atoms with van der Waals surface area (Å²) in [5.41, 5.74) is -1.97. The van der Waals surface area contributed by atoms with Crippen LogP contribution < -0.4 is 0 Å². The van der Waals surface area contributed by atoms with E-state index in [0.717, 1.165) is 0 Å². The van der Waals surface area contributed by atoms with E-state index in [-0.39, 0.29) is 12.6 Å². The van der Waals surface area contributed by atoms with Crippen molar-refractivity contribution in [3.8, 4) is 0 Å². The Bertz CT molecular complexity index is 156. The van der Waals surface area contributed by atoms with Gasteiger partial charge in [-0.25, -0.2) is 8.78 Å².